The molecule has 0 amide bonds. The van der Waals surface area contributed by atoms with E-state index in [1.54, 1.807) is 20.1 Å². The van der Waals surface area contributed by atoms with E-state index >= 15 is 0 Å². The number of methoxy groups -OCH3 is 1. The molecule has 8 heteroatoms. The van der Waals surface area contributed by atoms with E-state index in [0.717, 1.165) is 0 Å². The smallest absolute Gasteiger partial charge is 0.241 e. The van der Waals surface area contributed by atoms with Gasteiger partial charge >= 0.3 is 0 Å². The molecule has 0 radical (unpaired) electrons. The first-order chi connectivity index (χ1) is 8.75. The number of benzene rings is 1. The maximum absolute atomic E-state index is 11.5. The molecule has 0 heterocycles. The fraction of sp³-hybridized carbons (Fsp3) is 0.455. The summed E-state index contributed by atoms with van der Waals surface area (Å²) in [5.74, 6) is 0.0657. The molecule has 0 aliphatic heterocycles. The molecule has 1 rings (SSSR count). The van der Waals surface area contributed by atoms with Crippen molar-refractivity contribution in [3.05, 3.63) is 21.6 Å². The molecule has 108 valence electrons. The topological polar surface area (TPSA) is 78.6 Å². The number of hydrogen-bond acceptors (Lipinski definition) is 4. The van der Waals surface area contributed by atoms with Crippen molar-refractivity contribution in [3.63, 3.8) is 0 Å². The molecule has 0 spiro atoms. The molecule has 0 bridgehead atoms. The second kappa shape index (κ2) is 6.90. The van der Waals surface area contributed by atoms with Gasteiger partial charge in [-0.2, -0.15) is 0 Å². The lowest BCUT2D eigenvalue weighted by Gasteiger charge is -2.18. The average molecular weight is 373 g/mol. The Kier molecular flexibility index (Phi) is 6.07. The van der Waals surface area contributed by atoms with Crippen molar-refractivity contribution in [2.24, 2.45) is 5.14 Å². The van der Waals surface area contributed by atoms with Crippen molar-refractivity contribution in [1.82, 2.24) is 0 Å². The summed E-state index contributed by atoms with van der Waals surface area (Å²) >= 11 is 9.18. The number of nitrogens with two attached hydrogens (primary N) is 1. The third-order valence-corrected chi connectivity index (χ3v) is 3.98. The van der Waals surface area contributed by atoms with Crippen LogP contribution in [-0.4, -0.2) is 28.2 Å². The third-order valence-electron chi connectivity index (χ3n) is 2.33. The molecular weight excluding hydrogens is 358 g/mol. The Morgan fingerprint density at radius 3 is 2.63 bits per heavy atom. The Hall–Kier alpha value is -0.340. The lowest BCUT2D eigenvalue weighted by atomic mass is 10.3. The summed E-state index contributed by atoms with van der Waals surface area (Å²) in [6.45, 7) is 2.30. The SMILES string of the molecule is COCCC(C)Oc1c(Cl)cc(Br)cc1S(N)(=O)=O. The van der Waals surface area contributed by atoms with E-state index in [4.69, 9.17) is 26.2 Å². The number of halogens is 2. The first-order valence-corrected chi connectivity index (χ1v) is 8.15. The van der Waals surface area contributed by atoms with Crippen LogP contribution in [0.3, 0.4) is 0 Å². The van der Waals surface area contributed by atoms with Gasteiger partial charge in [-0.3, -0.25) is 0 Å². The summed E-state index contributed by atoms with van der Waals surface area (Å²) in [4.78, 5) is -0.142. The van der Waals surface area contributed by atoms with E-state index in [9.17, 15) is 8.42 Å². The molecule has 0 aliphatic carbocycles. The predicted octanol–water partition coefficient (Wildman–Crippen LogP) is 2.55. The number of ether oxygens (including phenoxy) is 2. The van der Waals surface area contributed by atoms with Crippen LogP contribution in [0, 0.1) is 0 Å². The van der Waals surface area contributed by atoms with Gasteiger partial charge in [0.15, 0.2) is 5.75 Å². The summed E-state index contributed by atoms with van der Waals surface area (Å²) in [7, 11) is -2.34. The van der Waals surface area contributed by atoms with Gasteiger partial charge in [-0.05, 0) is 19.1 Å². The highest BCUT2D eigenvalue weighted by Crippen LogP contribution is 2.35. The summed E-state index contributed by atoms with van der Waals surface area (Å²) in [6.07, 6.45) is 0.353. The van der Waals surface area contributed by atoms with Crippen molar-refractivity contribution in [2.45, 2.75) is 24.3 Å². The van der Waals surface area contributed by atoms with Crippen LogP contribution in [-0.2, 0) is 14.8 Å². The molecule has 1 aromatic rings. The van der Waals surface area contributed by atoms with Gasteiger partial charge < -0.3 is 9.47 Å². The third kappa shape index (κ3) is 4.92. The van der Waals surface area contributed by atoms with Crippen molar-refractivity contribution >= 4 is 37.6 Å². The van der Waals surface area contributed by atoms with E-state index in [-0.39, 0.29) is 21.8 Å². The van der Waals surface area contributed by atoms with Crippen LogP contribution in [0.4, 0.5) is 0 Å². The summed E-state index contributed by atoms with van der Waals surface area (Å²) < 4.78 is 34.1. The minimum Gasteiger partial charge on any atom is -0.488 e. The van der Waals surface area contributed by atoms with Gasteiger partial charge in [0.2, 0.25) is 10.0 Å². The van der Waals surface area contributed by atoms with Crippen LogP contribution in [0.5, 0.6) is 5.75 Å². The van der Waals surface area contributed by atoms with E-state index < -0.39 is 10.0 Å². The number of primary sulfonamides is 1. The molecule has 1 atom stereocenters. The highest BCUT2D eigenvalue weighted by atomic mass is 79.9. The Morgan fingerprint density at radius 2 is 2.11 bits per heavy atom. The standard InChI is InChI=1S/C11H15BrClNO4S/c1-7(3-4-17-2)18-11-9(13)5-8(12)6-10(11)19(14,15)16/h5-7H,3-4H2,1-2H3,(H2,14,15,16). The van der Waals surface area contributed by atoms with Gasteiger partial charge in [0, 0.05) is 24.6 Å². The molecule has 1 unspecified atom stereocenters. The molecule has 0 saturated carbocycles. The van der Waals surface area contributed by atoms with Crippen molar-refractivity contribution in [3.8, 4) is 5.75 Å². The quantitative estimate of drug-likeness (QED) is 0.832. The molecular formula is C11H15BrClNO4S. The van der Waals surface area contributed by atoms with Crippen molar-refractivity contribution < 1.29 is 17.9 Å². The number of rotatable bonds is 6. The monoisotopic (exact) mass is 371 g/mol. The molecule has 5 nitrogen and oxygen atoms in total. The highest BCUT2D eigenvalue weighted by molar-refractivity contribution is 9.10. The first-order valence-electron chi connectivity index (χ1n) is 5.43. The molecule has 2 N–H and O–H groups in total. The van der Waals surface area contributed by atoms with Gasteiger partial charge in [-0.15, -0.1) is 0 Å². The van der Waals surface area contributed by atoms with Crippen LogP contribution in [0.25, 0.3) is 0 Å². The van der Waals surface area contributed by atoms with Crippen molar-refractivity contribution in [2.75, 3.05) is 13.7 Å². The zero-order valence-corrected chi connectivity index (χ0v) is 13.7. The van der Waals surface area contributed by atoms with E-state index in [1.165, 1.54) is 6.07 Å². The lowest BCUT2D eigenvalue weighted by molar-refractivity contribution is 0.133. The van der Waals surface area contributed by atoms with E-state index in [1.807, 2.05) is 0 Å². The Labute approximate surface area is 126 Å². The van der Waals surface area contributed by atoms with Crippen LogP contribution in [0.15, 0.2) is 21.5 Å². The van der Waals surface area contributed by atoms with Crippen LogP contribution < -0.4 is 9.88 Å². The van der Waals surface area contributed by atoms with Gasteiger partial charge in [0.1, 0.15) is 4.90 Å². The largest absolute Gasteiger partial charge is 0.488 e. The van der Waals surface area contributed by atoms with Crippen molar-refractivity contribution in [1.29, 1.82) is 0 Å². The second-order valence-corrected chi connectivity index (χ2v) is 6.82. The molecule has 0 aromatic heterocycles. The summed E-state index contributed by atoms with van der Waals surface area (Å²) in [6, 6.07) is 2.91. The molecule has 1 aromatic carbocycles. The fourth-order valence-corrected chi connectivity index (χ4v) is 3.18. The molecule has 0 aliphatic rings. The summed E-state index contributed by atoms with van der Waals surface area (Å²) in [5.41, 5.74) is 0. The zero-order chi connectivity index (χ0) is 14.6. The van der Waals surface area contributed by atoms with Crippen LogP contribution in [0.1, 0.15) is 13.3 Å². The van der Waals surface area contributed by atoms with Crippen LogP contribution >= 0.6 is 27.5 Å². The molecule has 0 saturated heterocycles. The number of sulfonamides is 1. The van der Waals surface area contributed by atoms with E-state index in [0.29, 0.717) is 17.5 Å². The number of hydrogen-bond donors (Lipinski definition) is 1. The van der Waals surface area contributed by atoms with Gasteiger partial charge in [0.05, 0.1) is 11.1 Å². The Morgan fingerprint density at radius 1 is 1.47 bits per heavy atom. The Balaban J connectivity index is 3.12. The lowest BCUT2D eigenvalue weighted by Crippen LogP contribution is -2.19. The predicted molar refractivity (Wildman–Crippen MR) is 77.1 cm³/mol. The second-order valence-electron chi connectivity index (χ2n) is 3.97. The zero-order valence-electron chi connectivity index (χ0n) is 10.5. The maximum atomic E-state index is 11.5. The van der Waals surface area contributed by atoms with E-state index in [2.05, 4.69) is 15.9 Å². The van der Waals surface area contributed by atoms with Gasteiger partial charge in [0.25, 0.3) is 0 Å². The van der Waals surface area contributed by atoms with Gasteiger partial charge in [-0.1, -0.05) is 27.5 Å². The minimum absolute atomic E-state index is 0.0657. The fourth-order valence-electron chi connectivity index (χ4n) is 1.41. The van der Waals surface area contributed by atoms with Gasteiger partial charge in [-0.25, -0.2) is 13.6 Å². The van der Waals surface area contributed by atoms with Crippen LogP contribution in [0.2, 0.25) is 5.02 Å². The molecule has 0 fully saturated rings. The maximum Gasteiger partial charge on any atom is 0.241 e. The normalized spacial score (nSPS) is 13.3. The first kappa shape index (κ1) is 16.7. The average Bonchev–Trinajstić information content (AvgIpc) is 2.28. The highest BCUT2D eigenvalue weighted by Gasteiger charge is 2.21. The summed E-state index contributed by atoms with van der Waals surface area (Å²) in [5, 5.41) is 5.34. The Bertz CT molecular complexity index is 550. The molecule has 19 heavy (non-hydrogen) atoms. The minimum atomic E-state index is -3.92.